The van der Waals surface area contributed by atoms with Crippen LogP contribution in [0.3, 0.4) is 0 Å². The molecule has 2 unspecified atom stereocenters. The Kier molecular flexibility index (Phi) is 22.7. The van der Waals surface area contributed by atoms with Crippen molar-refractivity contribution in [3.63, 3.8) is 0 Å². The number of hydrogen-bond donors (Lipinski definition) is 0. The summed E-state index contributed by atoms with van der Waals surface area (Å²) in [5.41, 5.74) is 0. The van der Waals surface area contributed by atoms with E-state index in [9.17, 15) is 75.4 Å². The number of allylic oxidation sites excluding steroid dienone is 7. The van der Waals surface area contributed by atoms with Crippen LogP contribution in [0.15, 0.2) is 84.4 Å². The summed E-state index contributed by atoms with van der Waals surface area (Å²) in [6, 6.07) is 0. The van der Waals surface area contributed by atoms with Crippen LogP contribution < -0.4 is 0 Å². The Morgan fingerprint density at radius 1 is 0.673 bits per heavy atom. The molecule has 2 atom stereocenters. The third-order valence-corrected chi connectivity index (χ3v) is 5.21. The van der Waals surface area contributed by atoms with Crippen molar-refractivity contribution in [3.05, 3.63) is 84.4 Å². The predicted molar refractivity (Wildman–Crippen MR) is 146 cm³/mol. The molecule has 0 amide bonds. The maximum absolute atomic E-state index is 15.0. The van der Waals surface area contributed by atoms with E-state index >= 15 is 0 Å². The molecule has 0 aliphatic heterocycles. The number of hydrogen-bond acceptors (Lipinski definition) is 12. The molecule has 0 aromatic heterocycles. The molecule has 27 heteroatoms. The molecule has 0 fully saturated rings. The Hall–Kier alpha value is -4.57. The van der Waals surface area contributed by atoms with Gasteiger partial charge in [-0.05, 0) is 11.5 Å². The highest BCUT2D eigenvalue weighted by Crippen LogP contribution is 2.51. The summed E-state index contributed by atoms with van der Waals surface area (Å²) in [4.78, 5) is 39.4. The summed E-state index contributed by atoms with van der Waals surface area (Å²) in [7, 11) is 0. The number of halogens is 15. The second-order valence-corrected chi connectivity index (χ2v) is 9.04. The molecule has 55 heavy (non-hydrogen) atoms. The summed E-state index contributed by atoms with van der Waals surface area (Å²) in [5.74, 6) is -44.5. The largest absolute Gasteiger partial charge is 0.495 e. The Bertz CT molecular complexity index is 1450. The van der Waals surface area contributed by atoms with Gasteiger partial charge in [-0.15, -0.1) is 0 Å². The van der Waals surface area contributed by atoms with Crippen LogP contribution in [-0.2, 0) is 58.2 Å². The van der Waals surface area contributed by atoms with E-state index in [1.54, 1.807) is 0 Å². The molecule has 0 aromatic rings. The molecule has 0 spiro atoms. The molecule has 12 nitrogen and oxygen atoms in total. The van der Waals surface area contributed by atoms with E-state index in [2.05, 4.69) is 52.3 Å². The van der Waals surface area contributed by atoms with Crippen molar-refractivity contribution in [1.29, 1.82) is 0 Å². The fourth-order valence-corrected chi connectivity index (χ4v) is 2.67. The van der Waals surface area contributed by atoms with Crippen molar-refractivity contribution in [2.24, 2.45) is 0 Å². The van der Waals surface area contributed by atoms with Crippen LogP contribution in [0.25, 0.3) is 0 Å². The SMILES string of the molecule is C=CC(=O)OCCOO/C=C\OCC(COCCCOC(F)(/C(F)=C(F)/C(F)=C(F)/C(F)=C(F)/C(F)=C(\F)CF)C(F)(F)C(F)(F)F)OOOOC(=O)C=C. The molecule has 0 bridgehead atoms. The van der Waals surface area contributed by atoms with E-state index in [0.717, 1.165) is 18.6 Å². The van der Waals surface area contributed by atoms with Crippen molar-refractivity contribution in [1.82, 2.24) is 0 Å². The van der Waals surface area contributed by atoms with Crippen LogP contribution in [0.4, 0.5) is 65.9 Å². The first kappa shape index (κ1) is 50.4. The zero-order valence-electron chi connectivity index (χ0n) is 27.0. The molecule has 0 aromatic carbocycles. The number of esters is 1. The Labute approximate surface area is 297 Å². The summed E-state index contributed by atoms with van der Waals surface area (Å²) >= 11 is 0. The van der Waals surface area contributed by atoms with Gasteiger partial charge in [-0.2, -0.15) is 36.1 Å². The van der Waals surface area contributed by atoms with Gasteiger partial charge in [0.2, 0.25) is 23.3 Å². The fourth-order valence-electron chi connectivity index (χ4n) is 2.67. The number of carbonyl (C=O) groups is 2. The lowest BCUT2D eigenvalue weighted by atomic mass is 10.1. The standard InChI is InChI=1S/C28H25F15O12/c1-3-17(44)48-9-11-51-50-10-8-47-14-15(52-54-55-53-18(45)4-2)13-46-6-5-7-49-26(38,27(39,40)28(41,42)43)25(37)24(36)23(35)22(34)21(33)20(32)19(31)16(30)12-29/h3-4,8,10,15H,1-2,5-7,9,11-14H2/b10-8-,19-16+,21-20+,23-22+,25-24+. The van der Waals surface area contributed by atoms with Gasteiger partial charge in [0.25, 0.3) is 0 Å². The van der Waals surface area contributed by atoms with E-state index in [-0.39, 0.29) is 13.2 Å². The molecule has 0 heterocycles. The molecular weight excluding hydrogens is 813 g/mol. The van der Waals surface area contributed by atoms with Crippen LogP contribution in [0.5, 0.6) is 0 Å². The highest BCUT2D eigenvalue weighted by molar-refractivity contribution is 5.81. The third-order valence-electron chi connectivity index (χ3n) is 5.21. The van der Waals surface area contributed by atoms with Gasteiger partial charge in [0.1, 0.15) is 32.8 Å². The lowest BCUT2D eigenvalue weighted by Crippen LogP contribution is -2.56. The van der Waals surface area contributed by atoms with Crippen LogP contribution in [0.1, 0.15) is 6.42 Å². The van der Waals surface area contributed by atoms with Crippen molar-refractivity contribution < 1.29 is 124 Å². The monoisotopic (exact) mass is 838 g/mol. The molecule has 0 saturated heterocycles. The van der Waals surface area contributed by atoms with E-state index in [0.29, 0.717) is 6.08 Å². The van der Waals surface area contributed by atoms with E-state index in [1.807, 2.05) is 0 Å². The molecule has 0 radical (unpaired) electrons. The molecule has 0 rings (SSSR count). The van der Waals surface area contributed by atoms with Gasteiger partial charge >= 0.3 is 29.9 Å². The minimum atomic E-state index is -7.18. The van der Waals surface area contributed by atoms with Crippen LogP contribution in [0, 0.1) is 0 Å². The average Bonchev–Trinajstić information content (AvgIpc) is 3.16. The highest BCUT2D eigenvalue weighted by atomic mass is 19.4. The topological polar surface area (TPSA) is 126 Å². The summed E-state index contributed by atoms with van der Waals surface area (Å²) < 4.78 is 221. The van der Waals surface area contributed by atoms with Crippen molar-refractivity contribution in [2.45, 2.75) is 30.5 Å². The van der Waals surface area contributed by atoms with E-state index in [4.69, 9.17) is 9.47 Å². The van der Waals surface area contributed by atoms with Crippen molar-refractivity contribution in [3.8, 4) is 0 Å². The highest BCUT2D eigenvalue weighted by Gasteiger charge is 2.75. The molecule has 314 valence electrons. The molecule has 0 N–H and O–H groups in total. The normalized spacial score (nSPS) is 15.8. The van der Waals surface area contributed by atoms with Crippen molar-refractivity contribution in [2.75, 3.05) is 46.3 Å². The number of rotatable bonds is 27. The maximum Gasteiger partial charge on any atom is 0.460 e. The Morgan fingerprint density at radius 3 is 1.82 bits per heavy atom. The van der Waals surface area contributed by atoms with Gasteiger partial charge in [0.15, 0.2) is 35.7 Å². The van der Waals surface area contributed by atoms with Gasteiger partial charge < -0.3 is 23.8 Å². The first-order valence-electron chi connectivity index (χ1n) is 13.9. The first-order chi connectivity index (χ1) is 25.6. The van der Waals surface area contributed by atoms with Gasteiger partial charge in [-0.3, -0.25) is 4.89 Å². The quantitative estimate of drug-likeness (QED) is 0.0117. The fraction of sp³-hybridized carbons (Fsp3) is 0.429. The third kappa shape index (κ3) is 16.4. The molecular formula is C28H25F15O12. The van der Waals surface area contributed by atoms with Gasteiger partial charge in [0.05, 0.1) is 13.2 Å². The second kappa shape index (κ2) is 24.8. The Morgan fingerprint density at radius 2 is 1.25 bits per heavy atom. The lowest BCUT2D eigenvalue weighted by molar-refractivity contribution is -0.626. The zero-order chi connectivity index (χ0) is 42.4. The first-order valence-corrected chi connectivity index (χ1v) is 13.9. The zero-order valence-corrected chi connectivity index (χ0v) is 27.0. The summed E-state index contributed by atoms with van der Waals surface area (Å²) in [6.45, 7) is -0.887. The van der Waals surface area contributed by atoms with Gasteiger partial charge in [-0.1, -0.05) is 13.2 Å². The van der Waals surface area contributed by atoms with Gasteiger partial charge in [0, 0.05) is 23.8 Å². The summed E-state index contributed by atoms with van der Waals surface area (Å²) in [5, 5.41) is 7.96. The molecule has 0 aliphatic rings. The maximum atomic E-state index is 15.0. The van der Waals surface area contributed by atoms with E-state index < -0.39 is 122 Å². The predicted octanol–water partition coefficient (Wildman–Crippen LogP) is 7.90. The second-order valence-electron chi connectivity index (χ2n) is 9.04. The summed E-state index contributed by atoms with van der Waals surface area (Å²) in [6.07, 6.45) is -6.59. The smallest absolute Gasteiger partial charge is 0.460 e. The number of alkyl halides is 7. The van der Waals surface area contributed by atoms with E-state index in [1.165, 1.54) is 0 Å². The Balaban J connectivity index is 5.77. The molecule has 0 aliphatic carbocycles. The number of carbonyl (C=O) groups excluding carboxylic acids is 2. The minimum absolute atomic E-state index is 0.238. The van der Waals surface area contributed by atoms with Crippen LogP contribution >= 0.6 is 0 Å². The van der Waals surface area contributed by atoms with Gasteiger partial charge in [-0.25, -0.2) is 49.1 Å². The van der Waals surface area contributed by atoms with Crippen molar-refractivity contribution >= 4 is 11.9 Å². The van der Waals surface area contributed by atoms with Crippen LogP contribution in [-0.4, -0.2) is 82.3 Å². The van der Waals surface area contributed by atoms with Crippen LogP contribution in [0.2, 0.25) is 0 Å². The molecule has 0 saturated carbocycles. The number of ether oxygens (including phenoxy) is 4. The minimum Gasteiger partial charge on any atom is -0.495 e. The lowest BCUT2D eigenvalue weighted by Gasteiger charge is -2.33. The average molecular weight is 838 g/mol.